The van der Waals surface area contributed by atoms with Crippen molar-refractivity contribution >= 4 is 17.4 Å². The van der Waals surface area contributed by atoms with E-state index in [0.717, 1.165) is 0 Å². The second-order valence-corrected chi connectivity index (χ2v) is 5.10. The maximum atomic E-state index is 13.4. The zero-order valence-electron chi connectivity index (χ0n) is 10.6. The molecule has 0 bridgehead atoms. The molecule has 2 aromatic rings. The van der Waals surface area contributed by atoms with E-state index < -0.39 is 38.9 Å². The molecule has 2 aromatic carbocycles. The molecule has 0 aliphatic carbocycles. The van der Waals surface area contributed by atoms with E-state index in [9.17, 15) is 32.1 Å². The average Bonchev–Trinajstić information content (AvgIpc) is 2.51. The van der Waals surface area contributed by atoms with Crippen LogP contribution in [0.25, 0.3) is 0 Å². The van der Waals surface area contributed by atoms with E-state index in [4.69, 9.17) is 0 Å². The SMILES string of the molecule is O=[N+]([O-])c1ccc(CSc2c(F)c(F)c(F)c(F)c2F)cc1. The predicted molar refractivity (Wildman–Crippen MR) is 68.9 cm³/mol. The summed E-state index contributed by atoms with van der Waals surface area (Å²) >= 11 is 0.412. The predicted octanol–water partition coefficient (Wildman–Crippen LogP) is 4.58. The van der Waals surface area contributed by atoms with Crippen molar-refractivity contribution in [1.29, 1.82) is 0 Å². The summed E-state index contributed by atoms with van der Waals surface area (Å²) in [5.41, 5.74) is 0.254. The van der Waals surface area contributed by atoms with Gasteiger partial charge in [-0.3, -0.25) is 10.1 Å². The van der Waals surface area contributed by atoms with Gasteiger partial charge in [0.1, 0.15) is 0 Å². The van der Waals surface area contributed by atoms with Gasteiger partial charge in [0.25, 0.3) is 5.69 Å². The number of halogens is 5. The second-order valence-electron chi connectivity index (χ2n) is 4.11. The molecule has 0 unspecified atom stereocenters. The van der Waals surface area contributed by atoms with Gasteiger partial charge in [-0.1, -0.05) is 12.1 Å². The topological polar surface area (TPSA) is 43.1 Å². The van der Waals surface area contributed by atoms with Crippen LogP contribution >= 0.6 is 11.8 Å². The van der Waals surface area contributed by atoms with Gasteiger partial charge in [0.15, 0.2) is 23.3 Å². The first-order chi connectivity index (χ1) is 10.3. The molecule has 2 rings (SSSR count). The van der Waals surface area contributed by atoms with Crippen LogP contribution in [-0.4, -0.2) is 4.92 Å². The lowest BCUT2D eigenvalue weighted by Gasteiger charge is -2.07. The lowest BCUT2D eigenvalue weighted by atomic mass is 10.2. The van der Waals surface area contributed by atoms with E-state index in [2.05, 4.69) is 0 Å². The third kappa shape index (κ3) is 3.03. The zero-order valence-corrected chi connectivity index (χ0v) is 11.4. The molecule has 0 aliphatic rings. The molecule has 116 valence electrons. The molecule has 22 heavy (non-hydrogen) atoms. The Labute approximate surface area is 124 Å². The van der Waals surface area contributed by atoms with Crippen molar-refractivity contribution in [2.45, 2.75) is 10.6 Å². The molecule has 0 aliphatic heterocycles. The molecular weight excluding hydrogens is 329 g/mol. The Morgan fingerprint density at radius 3 is 1.77 bits per heavy atom. The molecule has 0 saturated carbocycles. The average molecular weight is 335 g/mol. The van der Waals surface area contributed by atoms with Gasteiger partial charge in [0.05, 0.1) is 9.82 Å². The van der Waals surface area contributed by atoms with Crippen molar-refractivity contribution in [3.63, 3.8) is 0 Å². The highest BCUT2D eigenvalue weighted by atomic mass is 32.2. The van der Waals surface area contributed by atoms with Crippen LogP contribution in [0.4, 0.5) is 27.6 Å². The van der Waals surface area contributed by atoms with E-state index in [1.165, 1.54) is 24.3 Å². The Kier molecular flexibility index (Phi) is 4.65. The number of hydrogen-bond donors (Lipinski definition) is 0. The van der Waals surface area contributed by atoms with E-state index in [-0.39, 0.29) is 11.4 Å². The molecule has 0 spiro atoms. The molecule has 0 aromatic heterocycles. The highest BCUT2D eigenvalue weighted by molar-refractivity contribution is 7.98. The largest absolute Gasteiger partial charge is 0.269 e. The number of hydrogen-bond acceptors (Lipinski definition) is 3. The van der Waals surface area contributed by atoms with Gasteiger partial charge in [-0.25, -0.2) is 22.0 Å². The Morgan fingerprint density at radius 1 is 0.864 bits per heavy atom. The lowest BCUT2D eigenvalue weighted by molar-refractivity contribution is -0.384. The first-order valence-electron chi connectivity index (χ1n) is 5.70. The minimum absolute atomic E-state index is 0.115. The molecular formula is C13H6F5NO2S. The summed E-state index contributed by atoms with van der Waals surface area (Å²) < 4.78 is 65.8. The summed E-state index contributed by atoms with van der Waals surface area (Å²) in [7, 11) is 0. The minimum atomic E-state index is -2.21. The van der Waals surface area contributed by atoms with Gasteiger partial charge < -0.3 is 0 Å². The molecule has 0 N–H and O–H groups in total. The monoisotopic (exact) mass is 335 g/mol. The summed E-state index contributed by atoms with van der Waals surface area (Å²) in [4.78, 5) is 8.86. The van der Waals surface area contributed by atoms with Gasteiger partial charge in [-0.2, -0.15) is 0 Å². The molecule has 9 heteroatoms. The number of non-ortho nitro benzene ring substituents is 1. The van der Waals surface area contributed by atoms with Crippen LogP contribution in [0.3, 0.4) is 0 Å². The number of rotatable bonds is 4. The van der Waals surface area contributed by atoms with E-state index in [1.807, 2.05) is 0 Å². The quantitative estimate of drug-likeness (QED) is 0.205. The summed E-state index contributed by atoms with van der Waals surface area (Å²) in [6, 6.07) is 5.01. The Balaban J connectivity index is 2.23. The third-order valence-corrected chi connectivity index (χ3v) is 3.82. The second kappa shape index (κ2) is 6.30. The highest BCUT2D eigenvalue weighted by Crippen LogP contribution is 2.33. The molecule has 0 atom stereocenters. The van der Waals surface area contributed by atoms with Gasteiger partial charge in [-0.05, 0) is 5.56 Å². The van der Waals surface area contributed by atoms with Crippen LogP contribution in [0.1, 0.15) is 5.56 Å². The number of benzene rings is 2. The molecule has 0 saturated heterocycles. The maximum absolute atomic E-state index is 13.4. The van der Waals surface area contributed by atoms with Crippen molar-refractivity contribution < 1.29 is 26.9 Å². The minimum Gasteiger partial charge on any atom is -0.258 e. The van der Waals surface area contributed by atoms with Gasteiger partial charge in [-0.15, -0.1) is 11.8 Å². The van der Waals surface area contributed by atoms with Crippen LogP contribution in [0.5, 0.6) is 0 Å². The van der Waals surface area contributed by atoms with Crippen LogP contribution in [0.2, 0.25) is 0 Å². The molecule has 3 nitrogen and oxygen atoms in total. The van der Waals surface area contributed by atoms with Crippen molar-refractivity contribution in [2.75, 3.05) is 0 Å². The van der Waals surface area contributed by atoms with Crippen molar-refractivity contribution in [1.82, 2.24) is 0 Å². The first kappa shape index (κ1) is 16.2. The summed E-state index contributed by atoms with van der Waals surface area (Å²) in [6.45, 7) is 0. The van der Waals surface area contributed by atoms with Crippen molar-refractivity contribution in [2.24, 2.45) is 0 Å². The zero-order chi connectivity index (χ0) is 16.4. The summed E-state index contributed by atoms with van der Waals surface area (Å²) in [5.74, 6) is -10.1. The smallest absolute Gasteiger partial charge is 0.258 e. The van der Waals surface area contributed by atoms with Gasteiger partial charge >= 0.3 is 0 Å². The molecule has 0 radical (unpaired) electrons. The summed E-state index contributed by atoms with van der Waals surface area (Å²) in [5, 5.41) is 10.5. The Hall–Kier alpha value is -2.16. The van der Waals surface area contributed by atoms with Gasteiger partial charge in [0, 0.05) is 17.9 Å². The Bertz CT molecular complexity index is 707. The Morgan fingerprint density at radius 2 is 1.32 bits per heavy atom. The molecule has 0 fully saturated rings. The number of thioether (sulfide) groups is 1. The van der Waals surface area contributed by atoms with Crippen molar-refractivity contribution in [3.05, 3.63) is 69.0 Å². The van der Waals surface area contributed by atoms with E-state index in [1.54, 1.807) is 0 Å². The van der Waals surface area contributed by atoms with E-state index >= 15 is 0 Å². The van der Waals surface area contributed by atoms with Crippen LogP contribution in [0.15, 0.2) is 29.2 Å². The number of nitrogens with zero attached hydrogens (tertiary/aromatic N) is 1. The highest BCUT2D eigenvalue weighted by Gasteiger charge is 2.25. The first-order valence-corrected chi connectivity index (χ1v) is 6.69. The fourth-order valence-electron chi connectivity index (χ4n) is 1.58. The van der Waals surface area contributed by atoms with Crippen molar-refractivity contribution in [3.8, 4) is 0 Å². The number of nitro groups is 1. The number of nitro benzene ring substituents is 1. The van der Waals surface area contributed by atoms with Crippen LogP contribution in [0, 0.1) is 39.2 Å². The molecule has 0 heterocycles. The lowest BCUT2D eigenvalue weighted by Crippen LogP contribution is -2.03. The van der Waals surface area contributed by atoms with Gasteiger partial charge in [0.2, 0.25) is 5.82 Å². The fourth-order valence-corrected chi connectivity index (χ4v) is 2.52. The summed E-state index contributed by atoms with van der Waals surface area (Å²) in [6.07, 6.45) is 0. The van der Waals surface area contributed by atoms with Crippen LogP contribution < -0.4 is 0 Å². The van der Waals surface area contributed by atoms with E-state index in [0.29, 0.717) is 17.3 Å². The normalized spacial score (nSPS) is 10.8. The van der Waals surface area contributed by atoms with Crippen LogP contribution in [-0.2, 0) is 5.75 Å². The molecule has 0 amide bonds. The fraction of sp³-hybridized carbons (Fsp3) is 0.0769. The third-order valence-electron chi connectivity index (χ3n) is 2.70. The standard InChI is InChI=1S/C13H6F5NO2S/c14-8-9(15)11(17)13(12(18)10(8)16)22-5-6-1-3-7(4-2-6)19(20)21/h1-4H,5H2. The maximum Gasteiger partial charge on any atom is 0.269 e.